The van der Waals surface area contributed by atoms with Crippen molar-refractivity contribution >= 4 is 32.2 Å². The number of nitrogens with one attached hydrogen (secondary N) is 2. The molecule has 1 saturated heterocycles. The van der Waals surface area contributed by atoms with Crippen LogP contribution in [0.1, 0.15) is 43.6 Å². The van der Waals surface area contributed by atoms with Crippen LogP contribution in [0.3, 0.4) is 0 Å². The smallest absolute Gasteiger partial charge is 0.253 e. The normalized spacial score (nSPS) is 18.8. The summed E-state index contributed by atoms with van der Waals surface area (Å²) >= 11 is 0.670. The van der Waals surface area contributed by atoms with Gasteiger partial charge in [0, 0.05) is 25.0 Å². The van der Waals surface area contributed by atoms with Gasteiger partial charge in [0.25, 0.3) is 5.56 Å². The van der Waals surface area contributed by atoms with Gasteiger partial charge in [-0.1, -0.05) is 11.3 Å². The van der Waals surface area contributed by atoms with Crippen LogP contribution in [0.4, 0.5) is 9.52 Å². The van der Waals surface area contributed by atoms with E-state index in [-0.39, 0.29) is 21.5 Å². The average molecular weight is 456 g/mol. The Morgan fingerprint density at radius 2 is 2.07 bits per heavy atom. The van der Waals surface area contributed by atoms with E-state index in [9.17, 15) is 22.4 Å². The van der Waals surface area contributed by atoms with Crippen molar-refractivity contribution < 1.29 is 22.3 Å². The molecule has 0 unspecified atom stereocenters. The van der Waals surface area contributed by atoms with Crippen LogP contribution in [-0.2, 0) is 19.4 Å². The second kappa shape index (κ2) is 8.56. The number of hydrogen-bond donors (Lipinski definition) is 2. The van der Waals surface area contributed by atoms with Crippen molar-refractivity contribution in [2.75, 3.05) is 18.5 Å². The van der Waals surface area contributed by atoms with Crippen LogP contribution < -0.4 is 10.9 Å². The average Bonchev–Trinajstić information content (AvgIpc) is 3.51. The predicted octanol–water partition coefficient (Wildman–Crippen LogP) is 2.45. The molecule has 8 nitrogen and oxygen atoms in total. The summed E-state index contributed by atoms with van der Waals surface area (Å²) in [5.74, 6) is -1.48. The van der Waals surface area contributed by atoms with Crippen LogP contribution in [-0.4, -0.2) is 42.8 Å². The number of carbonyl (C=O) groups is 1. The molecule has 3 heterocycles. The highest BCUT2D eigenvalue weighted by Gasteiger charge is 2.41. The van der Waals surface area contributed by atoms with Gasteiger partial charge in [0.1, 0.15) is 0 Å². The van der Waals surface area contributed by atoms with Crippen LogP contribution in [0.15, 0.2) is 28.2 Å². The molecule has 2 fully saturated rings. The van der Waals surface area contributed by atoms with Gasteiger partial charge in [-0.25, -0.2) is 13.4 Å². The number of rotatable bonds is 7. The fraction of sp³-hybridized carbons (Fsp3) is 0.526. The van der Waals surface area contributed by atoms with Gasteiger partial charge in [-0.2, -0.15) is 4.39 Å². The Hall–Kier alpha value is -2.11. The lowest BCUT2D eigenvalue weighted by Gasteiger charge is -2.26. The van der Waals surface area contributed by atoms with Gasteiger partial charge in [0.2, 0.25) is 5.91 Å². The number of amides is 1. The van der Waals surface area contributed by atoms with Gasteiger partial charge in [-0.05, 0) is 44.1 Å². The summed E-state index contributed by atoms with van der Waals surface area (Å²) in [4.78, 5) is 32.2. The molecular formula is C19H22FN3O5S2. The van der Waals surface area contributed by atoms with Gasteiger partial charge in [0.15, 0.2) is 20.1 Å². The Morgan fingerprint density at radius 3 is 2.70 bits per heavy atom. The van der Waals surface area contributed by atoms with Crippen molar-refractivity contribution in [2.45, 2.75) is 48.2 Å². The van der Waals surface area contributed by atoms with Gasteiger partial charge in [-0.3, -0.25) is 9.59 Å². The zero-order chi connectivity index (χ0) is 21.3. The first-order valence-electron chi connectivity index (χ1n) is 9.81. The molecule has 11 heteroatoms. The summed E-state index contributed by atoms with van der Waals surface area (Å²) in [7, 11) is -3.70. The third kappa shape index (κ3) is 4.47. The number of carbonyl (C=O) groups excluding carboxylic acids is 1. The molecule has 2 N–H and O–H groups in total. The fourth-order valence-corrected chi connectivity index (χ4v) is 6.25. The zero-order valence-corrected chi connectivity index (χ0v) is 17.7. The first kappa shape index (κ1) is 21.1. The highest BCUT2D eigenvalue weighted by atomic mass is 32.2. The number of halogens is 1. The predicted molar refractivity (Wildman–Crippen MR) is 109 cm³/mol. The molecule has 1 aliphatic carbocycles. The number of sulfone groups is 1. The second-order valence-corrected chi connectivity index (χ2v) is 10.8. The van der Waals surface area contributed by atoms with Crippen LogP contribution >= 0.6 is 11.3 Å². The molecule has 0 aromatic carbocycles. The molecule has 30 heavy (non-hydrogen) atoms. The van der Waals surface area contributed by atoms with Crippen LogP contribution in [0.25, 0.3) is 0 Å². The Balaban J connectivity index is 1.73. The summed E-state index contributed by atoms with van der Waals surface area (Å²) in [6.45, 7) is 1.10. The number of anilines is 1. The van der Waals surface area contributed by atoms with Crippen molar-refractivity contribution in [3.8, 4) is 0 Å². The van der Waals surface area contributed by atoms with Gasteiger partial charge >= 0.3 is 0 Å². The molecular weight excluding hydrogens is 433 g/mol. The van der Waals surface area contributed by atoms with E-state index in [2.05, 4.69) is 15.3 Å². The molecule has 162 valence electrons. The van der Waals surface area contributed by atoms with Gasteiger partial charge in [-0.15, -0.1) is 0 Å². The standard InChI is InChI=1S/C19H22FN3O5S2/c20-15-10-22-19(29-15)23-17(24)13(9-11-4-7-28-8-5-11)16-14(3-6-21-18(16)25)30(26,27)12-1-2-12/h3,6,10-13H,1-2,4-5,7-9H2,(H,21,25)(H,22,23,24)/t13-/m0/s1. The maximum absolute atomic E-state index is 13.3. The highest BCUT2D eigenvalue weighted by molar-refractivity contribution is 7.92. The van der Waals surface area contributed by atoms with Gasteiger partial charge < -0.3 is 15.0 Å². The van der Waals surface area contributed by atoms with Crippen molar-refractivity contribution in [3.05, 3.63) is 39.5 Å². The minimum absolute atomic E-state index is 0.0505. The van der Waals surface area contributed by atoms with Gasteiger partial charge in [0.05, 0.1) is 22.3 Å². The Labute approximate surface area is 176 Å². The number of ether oxygens (including phenoxy) is 1. The van der Waals surface area contributed by atoms with E-state index >= 15 is 0 Å². The first-order chi connectivity index (χ1) is 14.4. The van der Waals surface area contributed by atoms with Crippen LogP contribution in [0.2, 0.25) is 0 Å². The van der Waals surface area contributed by atoms with Crippen molar-refractivity contribution in [1.29, 1.82) is 0 Å². The third-order valence-corrected chi connectivity index (χ3v) is 8.53. The van der Waals surface area contributed by atoms with E-state index in [1.807, 2.05) is 0 Å². The lowest BCUT2D eigenvalue weighted by atomic mass is 9.85. The molecule has 1 atom stereocenters. The largest absolute Gasteiger partial charge is 0.381 e. The topological polar surface area (TPSA) is 118 Å². The summed E-state index contributed by atoms with van der Waals surface area (Å²) < 4.78 is 44.7. The zero-order valence-electron chi connectivity index (χ0n) is 16.1. The molecule has 2 aromatic heterocycles. The van der Waals surface area contributed by atoms with Crippen molar-refractivity contribution in [2.24, 2.45) is 5.92 Å². The maximum Gasteiger partial charge on any atom is 0.253 e. The van der Waals surface area contributed by atoms with E-state index < -0.39 is 37.6 Å². The number of aromatic amines is 1. The van der Waals surface area contributed by atoms with Crippen molar-refractivity contribution in [3.63, 3.8) is 0 Å². The lowest BCUT2D eigenvalue weighted by Crippen LogP contribution is -2.32. The molecule has 0 radical (unpaired) electrons. The maximum atomic E-state index is 13.3. The Kier molecular flexibility index (Phi) is 6.03. The summed E-state index contributed by atoms with van der Waals surface area (Å²) in [6, 6.07) is 1.36. The van der Waals surface area contributed by atoms with Crippen molar-refractivity contribution in [1.82, 2.24) is 9.97 Å². The first-order valence-corrected chi connectivity index (χ1v) is 12.2. The van der Waals surface area contributed by atoms with E-state index in [0.717, 1.165) is 6.20 Å². The molecule has 2 aliphatic rings. The number of nitrogens with zero attached hydrogens (tertiary/aromatic N) is 1. The van der Waals surface area contributed by atoms with E-state index in [0.29, 0.717) is 56.7 Å². The summed E-state index contributed by atoms with van der Waals surface area (Å²) in [5.41, 5.74) is -0.653. The lowest BCUT2D eigenvalue weighted by molar-refractivity contribution is -0.118. The Morgan fingerprint density at radius 1 is 1.33 bits per heavy atom. The minimum Gasteiger partial charge on any atom is -0.381 e. The number of pyridine rings is 1. The monoisotopic (exact) mass is 455 g/mol. The fourth-order valence-electron chi connectivity index (χ4n) is 3.78. The molecule has 0 spiro atoms. The summed E-state index contributed by atoms with van der Waals surface area (Å²) in [6.07, 6.45) is 5.10. The van der Waals surface area contributed by atoms with Crippen LogP contribution in [0, 0.1) is 11.0 Å². The Bertz CT molecular complexity index is 1090. The quantitative estimate of drug-likeness (QED) is 0.662. The molecule has 0 bridgehead atoms. The number of H-pyrrole nitrogens is 1. The van der Waals surface area contributed by atoms with E-state index in [1.165, 1.54) is 12.3 Å². The molecule has 1 amide bonds. The molecule has 1 saturated carbocycles. The molecule has 2 aromatic rings. The van der Waals surface area contributed by atoms with Crippen LogP contribution in [0.5, 0.6) is 0 Å². The minimum atomic E-state index is -3.70. The summed E-state index contributed by atoms with van der Waals surface area (Å²) in [5, 5.41) is 1.54. The molecule has 4 rings (SSSR count). The second-order valence-electron chi connectivity index (χ2n) is 7.63. The molecule has 1 aliphatic heterocycles. The SMILES string of the molecule is O=C(Nc1ncc(F)s1)[C@@H](CC1CCOCC1)c1c(S(=O)(=O)C2CC2)cc[nH]c1=O. The van der Waals surface area contributed by atoms with E-state index in [1.54, 1.807) is 0 Å². The number of aromatic nitrogens is 2. The highest BCUT2D eigenvalue weighted by Crippen LogP contribution is 2.38. The third-order valence-electron chi connectivity index (χ3n) is 5.51. The number of hydrogen-bond acceptors (Lipinski definition) is 7. The number of thiazole rings is 1. The van der Waals surface area contributed by atoms with E-state index in [4.69, 9.17) is 4.74 Å².